The lowest BCUT2D eigenvalue weighted by atomic mass is 10.1. The van der Waals surface area contributed by atoms with Gasteiger partial charge in [0.1, 0.15) is 11.6 Å². The van der Waals surface area contributed by atoms with Crippen LogP contribution in [0.3, 0.4) is 0 Å². The zero-order valence-corrected chi connectivity index (χ0v) is 11.7. The molecule has 1 aliphatic rings. The van der Waals surface area contributed by atoms with Crippen molar-refractivity contribution in [1.82, 2.24) is 4.90 Å². The smallest absolute Gasteiger partial charge is 0.260 e. The number of carbonyl (C=O) groups excluding carboxylic acids is 1. The molecule has 0 saturated carbocycles. The van der Waals surface area contributed by atoms with E-state index in [1.807, 2.05) is 0 Å². The number of benzene rings is 1. The van der Waals surface area contributed by atoms with E-state index in [1.165, 1.54) is 25.1 Å². The summed E-state index contributed by atoms with van der Waals surface area (Å²) in [4.78, 5) is 13.6. The Hall–Kier alpha value is -2.15. The number of ether oxygens (including phenoxy) is 2. The van der Waals surface area contributed by atoms with E-state index in [-0.39, 0.29) is 18.2 Å². The van der Waals surface area contributed by atoms with Gasteiger partial charge in [-0.3, -0.25) is 4.79 Å². The third kappa shape index (κ3) is 3.91. The Labute approximate surface area is 121 Å². The van der Waals surface area contributed by atoms with Crippen LogP contribution >= 0.6 is 0 Å². The highest BCUT2D eigenvalue weighted by atomic mass is 19.1. The second-order valence-electron chi connectivity index (χ2n) is 4.61. The fraction of sp³-hybridized carbons (Fsp3) is 0.429. The van der Waals surface area contributed by atoms with Gasteiger partial charge in [-0.2, -0.15) is 0 Å². The first-order valence-corrected chi connectivity index (χ1v) is 6.58. The number of hydrogen-bond donors (Lipinski definition) is 1. The number of hydrogen-bond acceptors (Lipinski definition) is 5. The van der Waals surface area contributed by atoms with Gasteiger partial charge in [-0.1, -0.05) is 5.16 Å². The van der Waals surface area contributed by atoms with Gasteiger partial charge in [0.25, 0.3) is 5.91 Å². The minimum absolute atomic E-state index is 0.155. The van der Waals surface area contributed by atoms with Crippen LogP contribution in [0.1, 0.15) is 12.5 Å². The molecule has 0 bridgehead atoms. The number of amides is 1. The summed E-state index contributed by atoms with van der Waals surface area (Å²) in [5, 5.41) is 11.8. The highest BCUT2D eigenvalue weighted by Gasteiger charge is 2.18. The van der Waals surface area contributed by atoms with E-state index in [0.717, 1.165) is 0 Å². The Balaban J connectivity index is 2.04. The molecule has 0 radical (unpaired) electrons. The quantitative estimate of drug-likeness (QED) is 0.516. The van der Waals surface area contributed by atoms with Crippen molar-refractivity contribution < 1.29 is 23.9 Å². The van der Waals surface area contributed by atoms with E-state index in [0.29, 0.717) is 37.6 Å². The van der Waals surface area contributed by atoms with Crippen LogP contribution in [0.15, 0.2) is 23.4 Å². The summed E-state index contributed by atoms with van der Waals surface area (Å²) in [6.45, 7) is 3.47. The van der Waals surface area contributed by atoms with Crippen molar-refractivity contribution in [3.8, 4) is 5.75 Å². The lowest BCUT2D eigenvalue weighted by Gasteiger charge is -2.26. The molecule has 1 amide bonds. The number of rotatable bonds is 4. The van der Waals surface area contributed by atoms with E-state index in [4.69, 9.17) is 14.7 Å². The number of morpholine rings is 1. The van der Waals surface area contributed by atoms with Gasteiger partial charge in [-0.05, 0) is 25.1 Å². The second-order valence-corrected chi connectivity index (χ2v) is 4.61. The minimum atomic E-state index is -0.472. The minimum Gasteiger partial charge on any atom is -0.483 e. The van der Waals surface area contributed by atoms with Gasteiger partial charge >= 0.3 is 0 Å². The third-order valence-corrected chi connectivity index (χ3v) is 3.20. The van der Waals surface area contributed by atoms with E-state index in [9.17, 15) is 9.18 Å². The van der Waals surface area contributed by atoms with Gasteiger partial charge in [-0.15, -0.1) is 0 Å². The van der Waals surface area contributed by atoms with Gasteiger partial charge in [0.05, 0.1) is 18.9 Å². The number of carbonyl (C=O) groups is 1. The molecule has 2 rings (SSSR count). The summed E-state index contributed by atoms with van der Waals surface area (Å²) >= 11 is 0. The van der Waals surface area contributed by atoms with Crippen molar-refractivity contribution in [1.29, 1.82) is 0 Å². The molecule has 1 saturated heterocycles. The molecule has 1 heterocycles. The fourth-order valence-electron chi connectivity index (χ4n) is 2.01. The Morgan fingerprint density at radius 1 is 1.48 bits per heavy atom. The van der Waals surface area contributed by atoms with E-state index < -0.39 is 5.82 Å². The van der Waals surface area contributed by atoms with Gasteiger partial charge < -0.3 is 19.6 Å². The molecular weight excluding hydrogens is 279 g/mol. The molecule has 0 aliphatic carbocycles. The molecule has 1 aliphatic heterocycles. The van der Waals surface area contributed by atoms with Crippen LogP contribution in [0.5, 0.6) is 5.75 Å². The van der Waals surface area contributed by atoms with Gasteiger partial charge in [0.2, 0.25) is 0 Å². The predicted molar refractivity (Wildman–Crippen MR) is 73.3 cm³/mol. The highest BCUT2D eigenvalue weighted by molar-refractivity contribution is 6.00. The number of nitrogens with zero attached hydrogens (tertiary/aromatic N) is 2. The average Bonchev–Trinajstić information content (AvgIpc) is 2.53. The van der Waals surface area contributed by atoms with E-state index >= 15 is 0 Å². The van der Waals surface area contributed by atoms with Crippen LogP contribution in [-0.2, 0) is 9.53 Å². The first kappa shape index (κ1) is 15.2. The van der Waals surface area contributed by atoms with Crippen molar-refractivity contribution in [2.24, 2.45) is 5.16 Å². The molecule has 7 heteroatoms. The van der Waals surface area contributed by atoms with E-state index in [2.05, 4.69) is 5.16 Å². The molecule has 21 heavy (non-hydrogen) atoms. The van der Waals surface area contributed by atoms with Gasteiger partial charge in [-0.25, -0.2) is 4.39 Å². The van der Waals surface area contributed by atoms with Crippen LogP contribution < -0.4 is 4.74 Å². The fourth-order valence-corrected chi connectivity index (χ4v) is 2.01. The van der Waals surface area contributed by atoms with Crippen molar-refractivity contribution in [2.75, 3.05) is 32.9 Å². The van der Waals surface area contributed by atoms with Crippen LogP contribution in [-0.4, -0.2) is 54.6 Å². The first-order valence-electron chi connectivity index (χ1n) is 6.58. The van der Waals surface area contributed by atoms with Crippen LogP contribution in [0, 0.1) is 5.82 Å². The summed E-state index contributed by atoms with van der Waals surface area (Å²) < 4.78 is 23.9. The van der Waals surface area contributed by atoms with E-state index in [1.54, 1.807) is 4.90 Å². The number of oxime groups is 1. The van der Waals surface area contributed by atoms with Crippen molar-refractivity contribution in [3.63, 3.8) is 0 Å². The average molecular weight is 296 g/mol. The molecule has 114 valence electrons. The lowest BCUT2D eigenvalue weighted by molar-refractivity contribution is -0.137. The summed E-state index contributed by atoms with van der Waals surface area (Å²) in [6.07, 6.45) is 0. The van der Waals surface area contributed by atoms with Crippen molar-refractivity contribution in [2.45, 2.75) is 6.92 Å². The second kappa shape index (κ2) is 7.03. The summed E-state index contributed by atoms with van der Waals surface area (Å²) in [5.41, 5.74) is 0.524. The normalized spacial score (nSPS) is 15.9. The first-order chi connectivity index (χ1) is 10.1. The standard InChI is InChI=1S/C14H17FN2O4/c1-10(16-19)12-8-11(15)2-3-13(12)21-9-14(18)17-4-6-20-7-5-17/h2-3,8,19H,4-7,9H2,1H3/b16-10-. The maximum absolute atomic E-state index is 13.3. The molecule has 0 aromatic heterocycles. The Kier molecular flexibility index (Phi) is 5.10. The summed E-state index contributed by atoms with van der Waals surface area (Å²) in [7, 11) is 0. The summed E-state index contributed by atoms with van der Waals surface area (Å²) in [6, 6.07) is 3.83. The Bertz CT molecular complexity index is 542. The molecule has 1 fully saturated rings. The highest BCUT2D eigenvalue weighted by Crippen LogP contribution is 2.21. The zero-order valence-electron chi connectivity index (χ0n) is 11.7. The number of halogens is 1. The topological polar surface area (TPSA) is 71.4 Å². The SMILES string of the molecule is C/C(=N/O)c1cc(F)ccc1OCC(=O)N1CCOCC1. The van der Waals surface area contributed by atoms with Gasteiger partial charge in [0, 0.05) is 18.7 Å². The van der Waals surface area contributed by atoms with Gasteiger partial charge in [0.15, 0.2) is 6.61 Å². The lowest BCUT2D eigenvalue weighted by Crippen LogP contribution is -2.43. The summed E-state index contributed by atoms with van der Waals surface area (Å²) in [5.74, 6) is -0.333. The molecule has 1 aromatic carbocycles. The van der Waals surface area contributed by atoms with Crippen molar-refractivity contribution in [3.05, 3.63) is 29.6 Å². The molecule has 6 nitrogen and oxygen atoms in total. The molecule has 0 atom stereocenters. The Morgan fingerprint density at radius 2 is 2.19 bits per heavy atom. The largest absolute Gasteiger partial charge is 0.483 e. The van der Waals surface area contributed by atoms with Crippen LogP contribution in [0.2, 0.25) is 0 Å². The molecule has 0 spiro atoms. The van der Waals surface area contributed by atoms with Crippen LogP contribution in [0.4, 0.5) is 4.39 Å². The predicted octanol–water partition coefficient (Wildman–Crippen LogP) is 1.26. The maximum Gasteiger partial charge on any atom is 0.260 e. The molecule has 0 unspecified atom stereocenters. The Morgan fingerprint density at radius 3 is 2.86 bits per heavy atom. The molecular formula is C14H17FN2O4. The zero-order chi connectivity index (χ0) is 15.2. The van der Waals surface area contributed by atoms with Crippen molar-refractivity contribution >= 4 is 11.6 Å². The monoisotopic (exact) mass is 296 g/mol. The molecule has 1 aromatic rings. The maximum atomic E-state index is 13.3. The molecule has 1 N–H and O–H groups in total. The third-order valence-electron chi connectivity index (χ3n) is 3.20. The van der Waals surface area contributed by atoms with Crippen LogP contribution in [0.25, 0.3) is 0 Å².